The lowest BCUT2D eigenvalue weighted by Gasteiger charge is -2.11. The number of benzene rings is 1. The normalized spacial score (nSPS) is 15.0. The van der Waals surface area contributed by atoms with Crippen LogP contribution in [0.4, 0.5) is 16.2 Å². The SMILES string of the molecule is COC(=O)Nc1ccc(NC(=O)CCS(=O)(=O)C2CCCC2)cc1. The Balaban J connectivity index is 1.82. The Hall–Kier alpha value is -2.09. The number of rotatable bonds is 6. The van der Waals surface area contributed by atoms with Crippen molar-refractivity contribution in [2.24, 2.45) is 0 Å². The van der Waals surface area contributed by atoms with Gasteiger partial charge in [0.05, 0.1) is 18.1 Å². The fourth-order valence-electron chi connectivity index (χ4n) is 2.68. The Morgan fingerprint density at radius 1 is 1.08 bits per heavy atom. The first kappa shape index (κ1) is 18.3. The van der Waals surface area contributed by atoms with Crippen LogP contribution in [-0.4, -0.2) is 38.5 Å². The fraction of sp³-hybridized carbons (Fsp3) is 0.500. The van der Waals surface area contributed by atoms with Crippen molar-refractivity contribution in [3.8, 4) is 0 Å². The number of amides is 2. The summed E-state index contributed by atoms with van der Waals surface area (Å²) in [5.41, 5.74) is 1.07. The van der Waals surface area contributed by atoms with Gasteiger partial charge in [0.1, 0.15) is 0 Å². The summed E-state index contributed by atoms with van der Waals surface area (Å²) < 4.78 is 28.7. The van der Waals surface area contributed by atoms with E-state index in [1.165, 1.54) is 7.11 Å². The van der Waals surface area contributed by atoms with Gasteiger partial charge in [-0.15, -0.1) is 0 Å². The van der Waals surface area contributed by atoms with Crippen molar-refractivity contribution in [3.63, 3.8) is 0 Å². The highest BCUT2D eigenvalue weighted by atomic mass is 32.2. The van der Waals surface area contributed by atoms with Gasteiger partial charge in [-0.2, -0.15) is 0 Å². The zero-order valence-corrected chi connectivity index (χ0v) is 14.4. The standard InChI is InChI=1S/C16H22N2O5S/c1-23-16(20)18-13-8-6-12(7-9-13)17-15(19)10-11-24(21,22)14-4-2-3-5-14/h6-9,14H,2-5,10-11H2,1H3,(H,17,19)(H,18,20). The van der Waals surface area contributed by atoms with E-state index in [0.717, 1.165) is 12.8 Å². The number of carbonyl (C=O) groups excluding carboxylic acids is 2. The van der Waals surface area contributed by atoms with Crippen LogP contribution in [0.2, 0.25) is 0 Å². The molecule has 0 heterocycles. The van der Waals surface area contributed by atoms with Gasteiger partial charge >= 0.3 is 6.09 Å². The number of hydrogen-bond donors (Lipinski definition) is 2. The zero-order chi connectivity index (χ0) is 17.6. The van der Waals surface area contributed by atoms with Gasteiger partial charge in [-0.25, -0.2) is 13.2 Å². The second kappa shape index (κ2) is 8.14. The van der Waals surface area contributed by atoms with E-state index in [2.05, 4.69) is 15.4 Å². The van der Waals surface area contributed by atoms with Crippen LogP contribution in [0.15, 0.2) is 24.3 Å². The summed E-state index contributed by atoms with van der Waals surface area (Å²) in [6, 6.07) is 6.47. The lowest BCUT2D eigenvalue weighted by molar-refractivity contribution is -0.115. The number of methoxy groups -OCH3 is 1. The molecule has 0 spiro atoms. The first-order valence-corrected chi connectivity index (χ1v) is 9.59. The summed E-state index contributed by atoms with van der Waals surface area (Å²) in [7, 11) is -1.93. The molecule has 0 atom stereocenters. The van der Waals surface area contributed by atoms with E-state index in [1.54, 1.807) is 24.3 Å². The summed E-state index contributed by atoms with van der Waals surface area (Å²) >= 11 is 0. The number of sulfone groups is 1. The molecule has 1 fully saturated rings. The number of hydrogen-bond acceptors (Lipinski definition) is 5. The molecule has 7 nitrogen and oxygen atoms in total. The predicted octanol–water partition coefficient (Wildman–Crippen LogP) is 2.55. The van der Waals surface area contributed by atoms with Gasteiger partial charge in [-0.3, -0.25) is 10.1 Å². The maximum atomic E-state index is 12.1. The molecule has 132 valence electrons. The van der Waals surface area contributed by atoms with Crippen LogP contribution in [0.3, 0.4) is 0 Å². The van der Waals surface area contributed by atoms with Crippen molar-refractivity contribution in [3.05, 3.63) is 24.3 Å². The molecule has 2 rings (SSSR count). The minimum atomic E-state index is -3.19. The third-order valence-corrected chi connectivity index (χ3v) is 6.28. The molecule has 1 aromatic rings. The second-order valence-electron chi connectivity index (χ2n) is 5.77. The van der Waals surface area contributed by atoms with E-state index < -0.39 is 15.9 Å². The zero-order valence-electron chi connectivity index (χ0n) is 13.6. The van der Waals surface area contributed by atoms with Gasteiger partial charge in [0.2, 0.25) is 5.91 Å². The van der Waals surface area contributed by atoms with Crippen molar-refractivity contribution in [2.75, 3.05) is 23.5 Å². The van der Waals surface area contributed by atoms with E-state index in [9.17, 15) is 18.0 Å². The van der Waals surface area contributed by atoms with E-state index in [4.69, 9.17) is 0 Å². The van der Waals surface area contributed by atoms with E-state index in [-0.39, 0.29) is 23.3 Å². The van der Waals surface area contributed by atoms with Gasteiger partial charge in [-0.1, -0.05) is 12.8 Å². The molecule has 0 unspecified atom stereocenters. The largest absolute Gasteiger partial charge is 0.453 e. The summed E-state index contributed by atoms with van der Waals surface area (Å²) in [5.74, 6) is -0.462. The molecular formula is C16H22N2O5S. The van der Waals surface area contributed by atoms with E-state index in [1.807, 2.05) is 0 Å². The fourth-order valence-corrected chi connectivity index (χ4v) is 4.53. The quantitative estimate of drug-likeness (QED) is 0.817. The van der Waals surface area contributed by atoms with Gasteiger partial charge in [0, 0.05) is 17.8 Å². The second-order valence-corrected chi connectivity index (χ2v) is 8.17. The molecule has 1 aliphatic rings. The monoisotopic (exact) mass is 354 g/mol. The van der Waals surface area contributed by atoms with Crippen molar-refractivity contribution >= 4 is 33.2 Å². The molecular weight excluding hydrogens is 332 g/mol. The van der Waals surface area contributed by atoms with Crippen LogP contribution in [0, 0.1) is 0 Å². The molecule has 0 bridgehead atoms. The van der Waals surface area contributed by atoms with E-state index in [0.29, 0.717) is 24.2 Å². The topological polar surface area (TPSA) is 102 Å². The average Bonchev–Trinajstić information content (AvgIpc) is 3.10. The van der Waals surface area contributed by atoms with Crippen LogP contribution < -0.4 is 10.6 Å². The van der Waals surface area contributed by atoms with Crippen LogP contribution in [0.5, 0.6) is 0 Å². The van der Waals surface area contributed by atoms with Crippen LogP contribution in [0.1, 0.15) is 32.1 Å². The molecule has 1 aromatic carbocycles. The smallest absolute Gasteiger partial charge is 0.411 e. The molecule has 0 aromatic heterocycles. The number of ether oxygens (including phenoxy) is 1. The van der Waals surface area contributed by atoms with Gasteiger partial charge < -0.3 is 10.1 Å². The molecule has 24 heavy (non-hydrogen) atoms. The van der Waals surface area contributed by atoms with Crippen molar-refractivity contribution in [1.82, 2.24) is 0 Å². The van der Waals surface area contributed by atoms with Crippen LogP contribution in [0.25, 0.3) is 0 Å². The first-order chi connectivity index (χ1) is 11.4. The Morgan fingerprint density at radius 2 is 1.62 bits per heavy atom. The lowest BCUT2D eigenvalue weighted by Crippen LogP contribution is -2.24. The molecule has 2 amide bonds. The minimum absolute atomic E-state index is 0.0546. The average molecular weight is 354 g/mol. The summed E-state index contributed by atoms with van der Waals surface area (Å²) in [6.07, 6.45) is 2.67. The summed E-state index contributed by atoms with van der Waals surface area (Å²) in [6.45, 7) is 0. The van der Waals surface area contributed by atoms with Gasteiger partial charge in [0.25, 0.3) is 0 Å². The van der Waals surface area contributed by atoms with E-state index >= 15 is 0 Å². The molecule has 0 saturated heterocycles. The van der Waals surface area contributed by atoms with Crippen molar-refractivity contribution in [2.45, 2.75) is 37.4 Å². The molecule has 8 heteroatoms. The lowest BCUT2D eigenvalue weighted by atomic mass is 10.2. The van der Waals surface area contributed by atoms with Gasteiger partial charge in [-0.05, 0) is 37.1 Å². The van der Waals surface area contributed by atoms with Crippen LogP contribution in [-0.2, 0) is 19.4 Å². The molecule has 1 saturated carbocycles. The number of nitrogens with one attached hydrogen (secondary N) is 2. The highest BCUT2D eigenvalue weighted by Gasteiger charge is 2.28. The maximum Gasteiger partial charge on any atom is 0.411 e. The maximum absolute atomic E-state index is 12.1. The Labute approximate surface area is 141 Å². The molecule has 2 N–H and O–H groups in total. The highest BCUT2D eigenvalue weighted by Crippen LogP contribution is 2.25. The Kier molecular flexibility index (Phi) is 6.19. The number of anilines is 2. The Bertz CT molecular complexity index is 679. The van der Waals surface area contributed by atoms with Crippen LogP contribution >= 0.6 is 0 Å². The molecule has 1 aliphatic carbocycles. The summed E-state index contributed by atoms with van der Waals surface area (Å²) in [4.78, 5) is 23.0. The van der Waals surface area contributed by atoms with Crippen molar-refractivity contribution in [1.29, 1.82) is 0 Å². The van der Waals surface area contributed by atoms with Gasteiger partial charge in [0.15, 0.2) is 9.84 Å². The summed E-state index contributed by atoms with van der Waals surface area (Å²) in [5, 5.41) is 4.86. The first-order valence-electron chi connectivity index (χ1n) is 7.87. The Morgan fingerprint density at radius 3 is 2.17 bits per heavy atom. The minimum Gasteiger partial charge on any atom is -0.453 e. The number of carbonyl (C=O) groups is 2. The third kappa shape index (κ3) is 5.23. The highest BCUT2D eigenvalue weighted by molar-refractivity contribution is 7.92. The van der Waals surface area contributed by atoms with Crippen molar-refractivity contribution < 1.29 is 22.7 Å². The molecule has 0 radical (unpaired) electrons. The molecule has 0 aliphatic heterocycles. The third-order valence-electron chi connectivity index (χ3n) is 4.02. The predicted molar refractivity (Wildman–Crippen MR) is 91.8 cm³/mol.